The van der Waals surface area contributed by atoms with Gasteiger partial charge in [-0.2, -0.15) is 5.10 Å². The molecule has 0 saturated carbocycles. The van der Waals surface area contributed by atoms with Gasteiger partial charge >= 0.3 is 0 Å². The van der Waals surface area contributed by atoms with Crippen molar-refractivity contribution < 1.29 is 9.18 Å². The van der Waals surface area contributed by atoms with E-state index in [-0.39, 0.29) is 5.82 Å². The fourth-order valence-corrected chi connectivity index (χ4v) is 4.53. The Morgan fingerprint density at radius 1 is 0.892 bits per heavy atom. The summed E-state index contributed by atoms with van der Waals surface area (Å²) in [6, 6.07) is 23.2. The van der Waals surface area contributed by atoms with Gasteiger partial charge in [-0.15, -0.1) is 0 Å². The minimum atomic E-state index is -0.554. The predicted molar refractivity (Wildman–Crippen MR) is 139 cm³/mol. The molecule has 0 saturated heterocycles. The molecule has 2 N–H and O–H groups in total. The Morgan fingerprint density at radius 3 is 2.38 bits per heavy atom. The highest BCUT2D eigenvalue weighted by Gasteiger charge is 2.20. The number of aryl methyl sites for hydroxylation is 1. The first-order chi connectivity index (χ1) is 17.9. The molecule has 0 radical (unpaired) electrons. The lowest BCUT2D eigenvalue weighted by Crippen LogP contribution is -2.16. The van der Waals surface area contributed by atoms with Gasteiger partial charge in [0.2, 0.25) is 0 Å². The lowest BCUT2D eigenvalue weighted by molar-refractivity contribution is 0.0994. The van der Waals surface area contributed by atoms with Crippen LogP contribution in [0.1, 0.15) is 16.3 Å². The van der Waals surface area contributed by atoms with Gasteiger partial charge in [0.05, 0.1) is 23.3 Å². The fourth-order valence-electron chi connectivity index (χ4n) is 4.53. The molecule has 0 aliphatic carbocycles. The Balaban J connectivity index is 1.50. The van der Waals surface area contributed by atoms with Crippen LogP contribution in [0.5, 0.6) is 0 Å². The molecule has 0 aliphatic heterocycles. The summed E-state index contributed by atoms with van der Waals surface area (Å²) in [6.07, 6.45) is 1.76. The van der Waals surface area contributed by atoms with E-state index in [1.54, 1.807) is 33.5 Å². The highest BCUT2D eigenvalue weighted by molar-refractivity contribution is 5.93. The average Bonchev–Trinajstić information content (AvgIpc) is 3.60. The number of hydrogen-bond acceptors (Lipinski definition) is 4. The fraction of sp³-hybridized carbons (Fsp3) is 0.0714. The van der Waals surface area contributed by atoms with Crippen molar-refractivity contribution in [2.24, 2.45) is 12.8 Å². The number of nitrogens with two attached hydrogens (primary N) is 1. The number of carbonyl (C=O) groups excluding carboxylic acids is 1. The van der Waals surface area contributed by atoms with E-state index >= 15 is 0 Å². The Morgan fingerprint density at radius 2 is 1.65 bits per heavy atom. The summed E-state index contributed by atoms with van der Waals surface area (Å²) in [4.78, 5) is 21.7. The summed E-state index contributed by atoms with van der Waals surface area (Å²) in [6.45, 7) is 1.91. The molecule has 37 heavy (non-hydrogen) atoms. The van der Waals surface area contributed by atoms with E-state index in [9.17, 15) is 9.18 Å². The molecule has 6 aromatic rings. The van der Waals surface area contributed by atoms with Crippen molar-refractivity contribution in [2.45, 2.75) is 6.92 Å². The third kappa shape index (κ3) is 3.77. The van der Waals surface area contributed by atoms with Crippen LogP contribution in [-0.2, 0) is 7.05 Å². The smallest absolute Gasteiger partial charge is 0.265 e. The van der Waals surface area contributed by atoms with Gasteiger partial charge in [0.1, 0.15) is 23.0 Å². The zero-order chi connectivity index (χ0) is 25.7. The van der Waals surface area contributed by atoms with Crippen molar-refractivity contribution in [1.29, 1.82) is 0 Å². The number of benzene rings is 2. The van der Waals surface area contributed by atoms with Crippen molar-refractivity contribution in [3.05, 3.63) is 102 Å². The van der Waals surface area contributed by atoms with Crippen LogP contribution in [-0.4, -0.2) is 34.6 Å². The van der Waals surface area contributed by atoms with Crippen LogP contribution >= 0.6 is 0 Å². The topological polar surface area (TPSA) is 96.0 Å². The molecular formula is C28H22FN7O. The molecule has 0 unspecified atom stereocenters. The molecule has 1 amide bonds. The molecule has 6 rings (SSSR count). The van der Waals surface area contributed by atoms with E-state index in [1.807, 2.05) is 67.1 Å². The molecule has 0 aliphatic rings. The minimum absolute atomic E-state index is 0.307. The summed E-state index contributed by atoms with van der Waals surface area (Å²) < 4.78 is 18.9. The van der Waals surface area contributed by atoms with E-state index in [2.05, 4.69) is 0 Å². The number of primary amides is 1. The normalized spacial score (nSPS) is 11.3. The van der Waals surface area contributed by atoms with Gasteiger partial charge < -0.3 is 10.3 Å². The highest BCUT2D eigenvalue weighted by atomic mass is 19.1. The van der Waals surface area contributed by atoms with E-state index in [0.717, 1.165) is 28.3 Å². The number of rotatable bonds is 5. The lowest BCUT2D eigenvalue weighted by Gasteiger charge is -2.09. The Kier molecular flexibility index (Phi) is 5.19. The number of imidazole rings is 2. The van der Waals surface area contributed by atoms with Crippen LogP contribution in [0.25, 0.3) is 45.4 Å². The zero-order valence-corrected chi connectivity index (χ0v) is 20.1. The molecule has 4 aromatic heterocycles. The Bertz CT molecular complexity index is 1780. The van der Waals surface area contributed by atoms with Gasteiger partial charge in [0, 0.05) is 12.6 Å². The molecule has 9 heteroatoms. The third-order valence-electron chi connectivity index (χ3n) is 6.42. The highest BCUT2D eigenvalue weighted by Crippen LogP contribution is 2.32. The molecule has 0 fully saturated rings. The van der Waals surface area contributed by atoms with E-state index in [1.165, 1.54) is 12.1 Å². The number of amides is 1. The number of halogens is 1. The van der Waals surface area contributed by atoms with Crippen LogP contribution in [0.2, 0.25) is 0 Å². The molecule has 0 bridgehead atoms. The van der Waals surface area contributed by atoms with Crippen molar-refractivity contribution in [3.63, 3.8) is 0 Å². The van der Waals surface area contributed by atoms with Crippen LogP contribution < -0.4 is 5.73 Å². The molecule has 182 valence electrons. The van der Waals surface area contributed by atoms with Crippen molar-refractivity contribution >= 4 is 11.6 Å². The van der Waals surface area contributed by atoms with E-state index < -0.39 is 5.91 Å². The first-order valence-corrected chi connectivity index (χ1v) is 11.6. The first kappa shape index (κ1) is 22.4. The van der Waals surface area contributed by atoms with Crippen molar-refractivity contribution in [1.82, 2.24) is 28.7 Å². The maximum atomic E-state index is 13.5. The first-order valence-electron chi connectivity index (χ1n) is 11.6. The van der Waals surface area contributed by atoms with Gasteiger partial charge in [-0.1, -0.05) is 30.3 Å². The number of aromatic nitrogens is 6. The number of fused-ring (bicyclic) bond motifs is 1. The maximum Gasteiger partial charge on any atom is 0.265 e. The molecule has 2 aromatic carbocycles. The van der Waals surface area contributed by atoms with E-state index in [4.69, 9.17) is 20.8 Å². The quantitative estimate of drug-likeness (QED) is 0.375. The average molecular weight is 492 g/mol. The van der Waals surface area contributed by atoms with Crippen molar-refractivity contribution in [2.75, 3.05) is 0 Å². The second-order valence-corrected chi connectivity index (χ2v) is 8.71. The molecule has 0 spiro atoms. The number of hydrogen-bond donors (Lipinski definition) is 1. The van der Waals surface area contributed by atoms with Crippen LogP contribution in [0.4, 0.5) is 4.39 Å². The summed E-state index contributed by atoms with van der Waals surface area (Å²) in [7, 11) is 1.92. The summed E-state index contributed by atoms with van der Waals surface area (Å²) >= 11 is 0. The van der Waals surface area contributed by atoms with E-state index in [0.29, 0.717) is 28.5 Å². The maximum absolute atomic E-state index is 13.5. The summed E-state index contributed by atoms with van der Waals surface area (Å²) in [5, 5.41) is 4.82. The van der Waals surface area contributed by atoms with Crippen LogP contribution in [0, 0.1) is 12.7 Å². The van der Waals surface area contributed by atoms with Gasteiger partial charge in [-0.3, -0.25) is 9.36 Å². The van der Waals surface area contributed by atoms with Gasteiger partial charge in [0.15, 0.2) is 11.5 Å². The Hall–Kier alpha value is -5.05. The Labute approximate surface area is 211 Å². The second kappa shape index (κ2) is 8.56. The molecule has 4 heterocycles. The van der Waals surface area contributed by atoms with Gasteiger partial charge in [0.25, 0.3) is 5.91 Å². The SMILES string of the molecule is Cc1nc(-c2ccc(F)cc2)c(-c2ccc3nc(-n4c(C(N)=O)ccc4-c4ccccc4)cn3n2)n1C. The third-order valence-corrected chi connectivity index (χ3v) is 6.42. The number of nitrogens with zero attached hydrogens (tertiary/aromatic N) is 6. The molecule has 8 nitrogen and oxygen atoms in total. The van der Waals surface area contributed by atoms with Gasteiger partial charge in [-0.05, 0) is 61.0 Å². The summed E-state index contributed by atoms with van der Waals surface area (Å²) in [5.74, 6) is 0.455. The second-order valence-electron chi connectivity index (χ2n) is 8.71. The van der Waals surface area contributed by atoms with Crippen molar-refractivity contribution in [3.8, 4) is 39.7 Å². The monoisotopic (exact) mass is 491 g/mol. The standard InChI is InChI=1S/C28H22FN7O/c1-17-31-26(19-8-10-20(29)11-9-19)27(34(17)2)21-12-15-24-32-25(16-35(24)33-21)36-22(13-14-23(36)28(30)37)18-6-4-3-5-7-18/h3-16H,1-2H3,(H2,30,37). The molecule has 0 atom stereocenters. The van der Waals surface area contributed by atoms with Crippen LogP contribution in [0.3, 0.4) is 0 Å². The zero-order valence-electron chi connectivity index (χ0n) is 20.1. The van der Waals surface area contributed by atoms with Gasteiger partial charge in [-0.25, -0.2) is 18.9 Å². The lowest BCUT2D eigenvalue weighted by atomic mass is 10.1. The predicted octanol–water partition coefficient (Wildman–Crippen LogP) is 4.80. The summed E-state index contributed by atoms with van der Waals surface area (Å²) in [5.41, 5.74) is 11.3. The molecular weight excluding hydrogens is 469 g/mol. The number of carbonyl (C=O) groups is 1. The van der Waals surface area contributed by atoms with Crippen LogP contribution in [0.15, 0.2) is 85.1 Å². The largest absolute Gasteiger partial charge is 0.364 e. The minimum Gasteiger partial charge on any atom is -0.364 e.